The summed E-state index contributed by atoms with van der Waals surface area (Å²) in [6.45, 7) is 4.51. The normalized spacial score (nSPS) is 26.4. The summed E-state index contributed by atoms with van der Waals surface area (Å²) in [5.74, 6) is 0.712. The SMILES string of the molecule is C[C@@H]1C[C@H](N2C(=N)N[C@](C)(c3ccc4nc(-c5cccnc5)[nH]c4c3Cl)CC2=O)CCO1. The molecule has 0 radical (unpaired) electrons. The van der Waals surface area contributed by atoms with Crippen LogP contribution >= 0.6 is 11.6 Å². The van der Waals surface area contributed by atoms with Gasteiger partial charge < -0.3 is 15.0 Å². The van der Waals surface area contributed by atoms with Crippen molar-refractivity contribution in [2.24, 2.45) is 0 Å². The summed E-state index contributed by atoms with van der Waals surface area (Å²) in [5, 5.41) is 12.4. The lowest BCUT2D eigenvalue weighted by atomic mass is 9.85. The van der Waals surface area contributed by atoms with Crippen molar-refractivity contribution in [2.75, 3.05) is 6.61 Å². The first kappa shape index (κ1) is 20.9. The Hall–Kier alpha value is -2.97. The van der Waals surface area contributed by atoms with Crippen LogP contribution in [0.4, 0.5) is 0 Å². The summed E-state index contributed by atoms with van der Waals surface area (Å²) in [5.41, 5.74) is 2.25. The third-order valence-electron chi connectivity index (χ3n) is 6.36. The highest BCUT2D eigenvalue weighted by molar-refractivity contribution is 6.36. The molecule has 3 N–H and O–H groups in total. The number of nitrogens with one attached hydrogen (secondary N) is 3. The quantitative estimate of drug-likeness (QED) is 0.560. The first-order valence-electron chi connectivity index (χ1n) is 10.8. The van der Waals surface area contributed by atoms with E-state index in [2.05, 4.69) is 20.3 Å². The van der Waals surface area contributed by atoms with Crippen LogP contribution in [0, 0.1) is 5.41 Å². The maximum Gasteiger partial charge on any atom is 0.232 e. The van der Waals surface area contributed by atoms with Gasteiger partial charge in [-0.1, -0.05) is 17.7 Å². The zero-order chi connectivity index (χ0) is 22.5. The average molecular weight is 453 g/mol. The van der Waals surface area contributed by atoms with Crippen LogP contribution in [0.2, 0.25) is 5.02 Å². The van der Waals surface area contributed by atoms with Gasteiger partial charge in [0, 0.05) is 30.6 Å². The van der Waals surface area contributed by atoms with E-state index >= 15 is 0 Å². The number of H-pyrrole nitrogens is 1. The van der Waals surface area contributed by atoms with Gasteiger partial charge in [0.05, 0.1) is 34.1 Å². The molecule has 8 nitrogen and oxygen atoms in total. The number of imidazole rings is 1. The molecule has 2 saturated heterocycles. The first-order valence-corrected chi connectivity index (χ1v) is 11.1. The van der Waals surface area contributed by atoms with E-state index in [0.717, 1.165) is 29.5 Å². The highest BCUT2D eigenvalue weighted by Crippen LogP contribution is 2.38. The highest BCUT2D eigenvalue weighted by Gasteiger charge is 2.43. The third-order valence-corrected chi connectivity index (χ3v) is 6.75. The lowest BCUT2D eigenvalue weighted by Gasteiger charge is -2.45. The molecule has 0 bridgehead atoms. The van der Waals surface area contributed by atoms with E-state index in [9.17, 15) is 4.79 Å². The van der Waals surface area contributed by atoms with Gasteiger partial charge in [-0.2, -0.15) is 0 Å². The predicted molar refractivity (Wildman–Crippen MR) is 122 cm³/mol. The van der Waals surface area contributed by atoms with Crippen molar-refractivity contribution in [2.45, 2.75) is 50.8 Å². The van der Waals surface area contributed by atoms with Crippen LogP contribution < -0.4 is 5.32 Å². The minimum atomic E-state index is -0.799. The van der Waals surface area contributed by atoms with Crippen LogP contribution in [-0.2, 0) is 15.1 Å². The van der Waals surface area contributed by atoms with E-state index in [1.54, 1.807) is 17.3 Å². The maximum atomic E-state index is 13.2. The molecule has 2 fully saturated rings. The van der Waals surface area contributed by atoms with E-state index in [1.165, 1.54) is 0 Å². The Morgan fingerprint density at radius 3 is 2.91 bits per heavy atom. The molecular formula is C23H25ClN6O2. The molecule has 0 unspecified atom stereocenters. The molecule has 0 saturated carbocycles. The number of pyridine rings is 1. The Morgan fingerprint density at radius 1 is 1.34 bits per heavy atom. The smallest absolute Gasteiger partial charge is 0.232 e. The van der Waals surface area contributed by atoms with E-state index in [1.807, 2.05) is 38.1 Å². The Kier molecular flexibility index (Phi) is 5.14. The molecule has 9 heteroatoms. The van der Waals surface area contributed by atoms with Crippen molar-refractivity contribution in [1.82, 2.24) is 25.2 Å². The summed E-state index contributed by atoms with van der Waals surface area (Å²) in [7, 11) is 0. The second-order valence-electron chi connectivity index (χ2n) is 8.75. The molecule has 2 aliphatic heterocycles. The van der Waals surface area contributed by atoms with Gasteiger partial charge in [-0.25, -0.2) is 4.98 Å². The second kappa shape index (κ2) is 7.86. The molecule has 4 heterocycles. The Morgan fingerprint density at radius 2 is 2.19 bits per heavy atom. The first-order chi connectivity index (χ1) is 15.4. The molecular weight excluding hydrogens is 428 g/mol. The number of aromatic nitrogens is 3. The second-order valence-corrected chi connectivity index (χ2v) is 9.13. The van der Waals surface area contributed by atoms with E-state index in [4.69, 9.17) is 21.7 Å². The van der Waals surface area contributed by atoms with E-state index in [0.29, 0.717) is 23.0 Å². The van der Waals surface area contributed by atoms with Crippen LogP contribution in [-0.4, -0.2) is 50.5 Å². The van der Waals surface area contributed by atoms with Crippen molar-refractivity contribution in [3.8, 4) is 11.4 Å². The van der Waals surface area contributed by atoms with Gasteiger partial charge in [-0.05, 0) is 50.5 Å². The average Bonchev–Trinajstić information content (AvgIpc) is 3.19. The van der Waals surface area contributed by atoms with Gasteiger partial charge in [0.25, 0.3) is 0 Å². The number of fused-ring (bicyclic) bond motifs is 1. The Labute approximate surface area is 190 Å². The molecule has 5 rings (SSSR count). The van der Waals surface area contributed by atoms with Gasteiger partial charge in [0.2, 0.25) is 5.91 Å². The number of hydrogen-bond donors (Lipinski definition) is 3. The number of aromatic amines is 1. The van der Waals surface area contributed by atoms with Gasteiger partial charge in [0.1, 0.15) is 5.82 Å². The lowest BCUT2D eigenvalue weighted by Crippen LogP contribution is -2.63. The summed E-state index contributed by atoms with van der Waals surface area (Å²) in [6.07, 6.45) is 5.19. The number of hydrogen-bond acceptors (Lipinski definition) is 5. The molecule has 0 spiro atoms. The van der Waals surface area contributed by atoms with Crippen molar-refractivity contribution in [1.29, 1.82) is 5.41 Å². The molecule has 1 amide bonds. The fourth-order valence-electron chi connectivity index (χ4n) is 4.75. The summed E-state index contributed by atoms with van der Waals surface area (Å²) >= 11 is 6.83. The number of benzene rings is 1. The summed E-state index contributed by atoms with van der Waals surface area (Å²) in [6, 6.07) is 7.53. The molecule has 0 aliphatic carbocycles. The van der Waals surface area contributed by atoms with Crippen molar-refractivity contribution < 1.29 is 9.53 Å². The predicted octanol–water partition coefficient (Wildman–Crippen LogP) is 3.82. The number of halogens is 1. The van der Waals surface area contributed by atoms with Crippen LogP contribution in [0.3, 0.4) is 0 Å². The van der Waals surface area contributed by atoms with Crippen LogP contribution in [0.25, 0.3) is 22.4 Å². The fraction of sp³-hybridized carbons (Fsp3) is 0.391. The minimum absolute atomic E-state index is 0.0246. The molecule has 32 heavy (non-hydrogen) atoms. The number of rotatable bonds is 3. The number of amides is 1. The van der Waals surface area contributed by atoms with Crippen molar-refractivity contribution in [3.63, 3.8) is 0 Å². The molecule has 2 aromatic heterocycles. The molecule has 3 aromatic rings. The molecule has 3 atom stereocenters. The number of nitrogens with zero attached hydrogens (tertiary/aromatic N) is 3. The van der Waals surface area contributed by atoms with Crippen molar-refractivity contribution >= 4 is 34.5 Å². The lowest BCUT2D eigenvalue weighted by molar-refractivity contribution is -0.134. The summed E-state index contributed by atoms with van der Waals surface area (Å²) in [4.78, 5) is 26.9. The van der Waals surface area contributed by atoms with E-state index < -0.39 is 5.54 Å². The highest BCUT2D eigenvalue weighted by atomic mass is 35.5. The van der Waals surface area contributed by atoms with Gasteiger partial charge in [0.15, 0.2) is 5.96 Å². The number of carbonyl (C=O) groups excluding carboxylic acids is 1. The zero-order valence-corrected chi connectivity index (χ0v) is 18.7. The largest absolute Gasteiger partial charge is 0.378 e. The van der Waals surface area contributed by atoms with Gasteiger partial charge >= 0.3 is 0 Å². The third kappa shape index (κ3) is 3.53. The van der Waals surface area contributed by atoms with Crippen LogP contribution in [0.15, 0.2) is 36.7 Å². The molecule has 2 aliphatic rings. The number of carbonyl (C=O) groups is 1. The van der Waals surface area contributed by atoms with Crippen molar-refractivity contribution in [3.05, 3.63) is 47.2 Å². The van der Waals surface area contributed by atoms with Gasteiger partial charge in [-0.3, -0.25) is 20.1 Å². The van der Waals surface area contributed by atoms with Gasteiger partial charge in [-0.15, -0.1) is 0 Å². The molecule has 166 valence electrons. The van der Waals surface area contributed by atoms with Crippen LogP contribution in [0.5, 0.6) is 0 Å². The van der Waals surface area contributed by atoms with E-state index in [-0.39, 0.29) is 30.4 Å². The topological polar surface area (TPSA) is 107 Å². The minimum Gasteiger partial charge on any atom is -0.378 e. The standard InChI is InChI=1S/C23H25ClN6O2/c1-13-10-15(7-9-32-13)30-18(31)11-23(2,29-22(30)25)16-5-6-17-20(19(16)24)28-21(27-17)14-4-3-8-26-12-14/h3-6,8,12-13,15H,7,9-11H2,1-2H3,(H2,25,29)(H,27,28)/t13-,15-,23+/m1/s1. The van der Waals surface area contributed by atoms with Crippen LogP contribution in [0.1, 0.15) is 38.7 Å². The fourth-order valence-corrected chi connectivity index (χ4v) is 5.16. The molecule has 1 aromatic carbocycles. The number of guanidine groups is 1. The Bertz CT molecular complexity index is 1180. The summed E-state index contributed by atoms with van der Waals surface area (Å²) < 4.78 is 5.61. The number of ether oxygens (including phenoxy) is 1. The monoisotopic (exact) mass is 452 g/mol. The Balaban J connectivity index is 1.46. The maximum absolute atomic E-state index is 13.2. The zero-order valence-electron chi connectivity index (χ0n) is 18.0.